The fraction of sp³-hybridized carbons (Fsp3) is 0.385. The Hall–Kier alpha value is -4.77. The highest BCUT2D eigenvalue weighted by Gasteiger charge is 2.49. The number of amidine groups is 1. The Morgan fingerprint density at radius 2 is 1.76 bits per heavy atom. The maximum Gasteiger partial charge on any atom is 0.263 e. The first-order valence-electron chi connectivity index (χ1n) is 17.3. The van der Waals surface area contributed by atoms with Crippen molar-refractivity contribution in [2.75, 3.05) is 11.8 Å². The van der Waals surface area contributed by atoms with Crippen molar-refractivity contribution >= 4 is 33.5 Å². The van der Waals surface area contributed by atoms with Crippen LogP contribution in [0.15, 0.2) is 81.1 Å². The summed E-state index contributed by atoms with van der Waals surface area (Å²) in [6, 6.07) is 20.1. The van der Waals surface area contributed by atoms with Gasteiger partial charge in [-0.25, -0.2) is 8.42 Å². The molecule has 1 aromatic heterocycles. The molecule has 2 aliphatic rings. The van der Waals surface area contributed by atoms with Crippen molar-refractivity contribution in [2.24, 2.45) is 4.99 Å². The fourth-order valence-electron chi connectivity index (χ4n) is 6.96. The van der Waals surface area contributed by atoms with Crippen LogP contribution in [-0.2, 0) is 27.9 Å². The quantitative estimate of drug-likeness (QED) is 0.163. The Balaban J connectivity index is 1.39. The van der Waals surface area contributed by atoms with E-state index in [-0.39, 0.29) is 29.1 Å². The third kappa shape index (κ3) is 6.96. The molecule has 2 heterocycles. The summed E-state index contributed by atoms with van der Waals surface area (Å²) in [5.74, 6) is 1.41. The number of aryl methyl sites for hydroxylation is 2. The molecule has 2 amide bonds. The van der Waals surface area contributed by atoms with Crippen molar-refractivity contribution in [3.8, 4) is 11.1 Å². The van der Waals surface area contributed by atoms with Gasteiger partial charge in [0.25, 0.3) is 21.8 Å². The van der Waals surface area contributed by atoms with Crippen LogP contribution in [0.3, 0.4) is 0 Å². The van der Waals surface area contributed by atoms with Crippen LogP contribution in [0.4, 0.5) is 5.82 Å². The summed E-state index contributed by atoms with van der Waals surface area (Å²) < 4.78 is 35.6. The third-order valence-corrected chi connectivity index (χ3v) is 11.3. The fourth-order valence-corrected chi connectivity index (χ4v) is 8.24. The molecule has 3 aromatic carbocycles. The first-order valence-corrected chi connectivity index (χ1v) is 18.8. The van der Waals surface area contributed by atoms with E-state index in [4.69, 9.17) is 9.52 Å². The number of sulfonamides is 1. The van der Waals surface area contributed by atoms with Crippen LogP contribution in [-0.4, -0.2) is 53.6 Å². The normalized spacial score (nSPS) is 15.5. The van der Waals surface area contributed by atoms with Gasteiger partial charge in [-0.1, -0.05) is 85.4 Å². The van der Waals surface area contributed by atoms with E-state index in [0.717, 1.165) is 67.5 Å². The molecular weight excluding hydrogens is 651 g/mol. The summed E-state index contributed by atoms with van der Waals surface area (Å²) in [7, 11) is -2.36. The van der Waals surface area contributed by atoms with Crippen LogP contribution in [0.1, 0.15) is 90.2 Å². The highest BCUT2D eigenvalue weighted by molar-refractivity contribution is 7.92. The molecule has 1 N–H and O–H groups in total. The lowest BCUT2D eigenvalue weighted by atomic mass is 9.95. The molecule has 262 valence electrons. The zero-order valence-corrected chi connectivity index (χ0v) is 30.3. The average Bonchev–Trinajstić information content (AvgIpc) is 3.78. The SMILES string of the molecule is CCCCC1=NC2(CCCC2)C(=O)N1Cc1ccc(-c2ccccc2S(=O)(=O)Nc2noc(C)c2C)c(CN(C)C(=O)c2cccc(C)c2)c1. The van der Waals surface area contributed by atoms with Crippen molar-refractivity contribution < 1.29 is 22.5 Å². The van der Waals surface area contributed by atoms with Gasteiger partial charge in [-0.15, -0.1) is 0 Å². The number of hydrogen-bond acceptors (Lipinski definition) is 7. The number of carbonyl (C=O) groups is 2. The van der Waals surface area contributed by atoms with Gasteiger partial charge in [0.1, 0.15) is 17.1 Å². The van der Waals surface area contributed by atoms with E-state index in [0.29, 0.717) is 34.6 Å². The molecule has 0 saturated heterocycles. The molecule has 0 unspecified atom stereocenters. The molecule has 0 radical (unpaired) electrons. The molecule has 1 aliphatic carbocycles. The molecular formula is C39H45N5O5S. The molecule has 0 bridgehead atoms. The van der Waals surface area contributed by atoms with E-state index in [1.54, 1.807) is 56.1 Å². The van der Waals surface area contributed by atoms with Crippen molar-refractivity contribution in [1.29, 1.82) is 0 Å². The number of anilines is 1. The van der Waals surface area contributed by atoms with Gasteiger partial charge < -0.3 is 9.42 Å². The van der Waals surface area contributed by atoms with Gasteiger partial charge in [-0.05, 0) is 74.9 Å². The van der Waals surface area contributed by atoms with Crippen LogP contribution >= 0.6 is 0 Å². The van der Waals surface area contributed by atoms with Crippen LogP contribution in [0, 0.1) is 20.8 Å². The minimum absolute atomic E-state index is 0.0635. The molecule has 1 saturated carbocycles. The Morgan fingerprint density at radius 1 is 1.00 bits per heavy atom. The molecule has 4 aromatic rings. The van der Waals surface area contributed by atoms with Crippen molar-refractivity contribution in [3.05, 3.63) is 100 Å². The maximum absolute atomic E-state index is 13.9. The second-order valence-corrected chi connectivity index (χ2v) is 15.2. The lowest BCUT2D eigenvalue weighted by molar-refractivity contribution is -0.131. The number of hydrogen-bond donors (Lipinski definition) is 1. The van der Waals surface area contributed by atoms with E-state index in [1.807, 2.05) is 48.2 Å². The second-order valence-electron chi connectivity index (χ2n) is 13.6. The predicted octanol–water partition coefficient (Wildman–Crippen LogP) is 7.58. The molecule has 50 heavy (non-hydrogen) atoms. The second kappa shape index (κ2) is 14.2. The first kappa shape index (κ1) is 35.1. The van der Waals surface area contributed by atoms with Crippen LogP contribution in [0.5, 0.6) is 0 Å². The summed E-state index contributed by atoms with van der Waals surface area (Å²) in [5, 5.41) is 3.91. The zero-order chi connectivity index (χ0) is 35.6. The standard InChI is InChI=1S/C39H45N5O5S/c1-6-7-17-35-40-39(20-10-11-21-39)38(46)44(35)24-29-18-19-32(31(23-29)25-43(5)37(45)30-14-12-13-26(2)22-30)33-15-8-9-16-34(33)50(47,48)42-36-27(3)28(4)49-41-36/h8-9,12-16,18-19,22-23H,6-7,10-11,17,20-21,24-25H2,1-5H3,(H,41,42). The number of benzene rings is 3. The topological polar surface area (TPSA) is 125 Å². The zero-order valence-electron chi connectivity index (χ0n) is 29.5. The predicted molar refractivity (Wildman–Crippen MR) is 194 cm³/mol. The molecule has 11 heteroatoms. The molecule has 1 spiro atoms. The van der Waals surface area contributed by atoms with Crippen molar-refractivity contribution in [3.63, 3.8) is 0 Å². The lowest BCUT2D eigenvalue weighted by Gasteiger charge is -2.24. The number of amides is 2. The van der Waals surface area contributed by atoms with Crippen LogP contribution in [0.2, 0.25) is 0 Å². The smallest absolute Gasteiger partial charge is 0.263 e. The van der Waals surface area contributed by atoms with E-state index >= 15 is 0 Å². The number of aromatic nitrogens is 1. The van der Waals surface area contributed by atoms with E-state index in [9.17, 15) is 18.0 Å². The van der Waals surface area contributed by atoms with Gasteiger partial charge >= 0.3 is 0 Å². The van der Waals surface area contributed by atoms with E-state index in [1.165, 1.54) is 0 Å². The summed E-state index contributed by atoms with van der Waals surface area (Å²) in [6.45, 7) is 8.09. The van der Waals surface area contributed by atoms with Gasteiger partial charge in [0.15, 0.2) is 5.82 Å². The minimum atomic E-state index is -4.10. The van der Waals surface area contributed by atoms with Gasteiger partial charge in [0, 0.05) is 36.7 Å². The summed E-state index contributed by atoms with van der Waals surface area (Å²) in [6.07, 6.45) is 6.24. The summed E-state index contributed by atoms with van der Waals surface area (Å²) in [4.78, 5) is 36.2. The summed E-state index contributed by atoms with van der Waals surface area (Å²) in [5.41, 5.74) is 4.26. The molecule has 6 rings (SSSR count). The number of aliphatic imine (C=N–C) groups is 1. The Morgan fingerprint density at radius 3 is 2.46 bits per heavy atom. The Bertz CT molecular complexity index is 2060. The van der Waals surface area contributed by atoms with Gasteiger partial charge in [0.05, 0.1) is 11.4 Å². The number of unbranched alkanes of at least 4 members (excludes halogenated alkanes) is 1. The van der Waals surface area contributed by atoms with Gasteiger partial charge in [0.2, 0.25) is 0 Å². The number of nitrogens with one attached hydrogen (secondary N) is 1. The number of carbonyl (C=O) groups excluding carboxylic acids is 2. The van der Waals surface area contributed by atoms with Gasteiger partial charge in [-0.2, -0.15) is 0 Å². The molecule has 1 aliphatic heterocycles. The minimum Gasteiger partial charge on any atom is -0.359 e. The number of nitrogens with zero attached hydrogens (tertiary/aromatic N) is 4. The van der Waals surface area contributed by atoms with Gasteiger partial charge in [-0.3, -0.25) is 24.2 Å². The van der Waals surface area contributed by atoms with Crippen molar-refractivity contribution in [2.45, 2.75) is 96.2 Å². The van der Waals surface area contributed by atoms with E-state index < -0.39 is 15.6 Å². The van der Waals surface area contributed by atoms with Crippen LogP contribution in [0.25, 0.3) is 11.1 Å². The van der Waals surface area contributed by atoms with E-state index in [2.05, 4.69) is 16.8 Å². The Kier molecular flexibility index (Phi) is 9.98. The third-order valence-electron chi connectivity index (χ3n) is 9.87. The summed E-state index contributed by atoms with van der Waals surface area (Å²) >= 11 is 0. The Labute approximate surface area is 294 Å². The highest BCUT2D eigenvalue weighted by atomic mass is 32.2. The average molecular weight is 696 g/mol. The maximum atomic E-state index is 13.9. The molecule has 10 nitrogen and oxygen atoms in total. The van der Waals surface area contributed by atoms with Crippen molar-refractivity contribution in [1.82, 2.24) is 15.0 Å². The van der Waals surface area contributed by atoms with Crippen LogP contribution < -0.4 is 4.72 Å². The molecule has 1 fully saturated rings. The monoisotopic (exact) mass is 695 g/mol. The largest absolute Gasteiger partial charge is 0.359 e. The first-order chi connectivity index (χ1) is 23.9. The number of rotatable bonds is 12. The highest BCUT2D eigenvalue weighted by Crippen LogP contribution is 2.40. The lowest BCUT2D eigenvalue weighted by Crippen LogP contribution is -2.40. The molecule has 0 atom stereocenters.